The maximum absolute atomic E-state index is 11.6. The van der Waals surface area contributed by atoms with Gasteiger partial charge in [-0.15, -0.1) is 0 Å². The summed E-state index contributed by atoms with van der Waals surface area (Å²) in [5, 5.41) is 10.7. The average Bonchev–Trinajstić information content (AvgIpc) is 3.18. The molecule has 2 aromatic heterocycles. The quantitative estimate of drug-likeness (QED) is 0.304. The molecular weight excluding hydrogens is 544 g/mol. The van der Waals surface area contributed by atoms with Crippen molar-refractivity contribution in [2.45, 2.75) is 25.8 Å². The van der Waals surface area contributed by atoms with Gasteiger partial charge in [0.05, 0.1) is 34.7 Å². The number of imidazole rings is 1. The first-order valence-corrected chi connectivity index (χ1v) is 15.5. The Morgan fingerprint density at radius 1 is 1.00 bits per heavy atom. The van der Waals surface area contributed by atoms with Crippen LogP contribution in [0, 0.1) is 12.3 Å². The lowest BCUT2D eigenvalue weighted by Crippen LogP contribution is -2.44. The van der Waals surface area contributed by atoms with Gasteiger partial charge >= 0.3 is 0 Å². The first-order chi connectivity index (χ1) is 19.1. The van der Waals surface area contributed by atoms with Gasteiger partial charge in [0.15, 0.2) is 0 Å². The minimum absolute atomic E-state index is 0.0246. The minimum atomic E-state index is -3.21. The van der Waals surface area contributed by atoms with Crippen LogP contribution in [0.3, 0.4) is 0 Å². The molecule has 40 heavy (non-hydrogen) atoms. The Hall–Kier alpha value is -3.66. The molecule has 0 aliphatic carbocycles. The van der Waals surface area contributed by atoms with Gasteiger partial charge in [0.1, 0.15) is 0 Å². The lowest BCUT2D eigenvalue weighted by atomic mass is 10.0. The highest BCUT2D eigenvalue weighted by atomic mass is 35.5. The molecule has 0 saturated carbocycles. The van der Waals surface area contributed by atoms with Gasteiger partial charge < -0.3 is 9.47 Å². The van der Waals surface area contributed by atoms with Crippen molar-refractivity contribution >= 4 is 49.2 Å². The van der Waals surface area contributed by atoms with Crippen LogP contribution < -0.4 is 15.2 Å². The highest BCUT2D eigenvalue weighted by Crippen LogP contribution is 2.32. The number of aromatic nitrogens is 3. The van der Waals surface area contributed by atoms with Crippen molar-refractivity contribution in [3.05, 3.63) is 83.1 Å². The molecule has 0 bridgehead atoms. The molecule has 1 fully saturated rings. The summed E-state index contributed by atoms with van der Waals surface area (Å²) in [6, 6.07) is 20.3. The molecule has 2 N–H and O–H groups in total. The van der Waals surface area contributed by atoms with Crippen molar-refractivity contribution in [2.75, 3.05) is 24.2 Å². The fourth-order valence-corrected chi connectivity index (χ4v) is 6.69. The van der Waals surface area contributed by atoms with Gasteiger partial charge in [0, 0.05) is 42.3 Å². The number of hydrogen-bond acceptors (Lipinski definition) is 5. The van der Waals surface area contributed by atoms with Gasteiger partial charge in [-0.25, -0.2) is 13.1 Å². The summed E-state index contributed by atoms with van der Waals surface area (Å²) in [6.45, 7) is 3.63. The molecule has 0 radical (unpaired) electrons. The number of halogens is 1. The topological polar surface area (TPSA) is 96.0 Å². The number of aryl methyl sites for hydroxylation is 2. The molecule has 3 heterocycles. The molecule has 0 unspecified atom stereocenters. The summed E-state index contributed by atoms with van der Waals surface area (Å²) >= 11 is 6.12. The molecule has 8 nitrogen and oxygen atoms in total. The second kappa shape index (κ2) is 10.1. The van der Waals surface area contributed by atoms with E-state index in [2.05, 4.69) is 46.9 Å². The predicted octanol–water partition coefficient (Wildman–Crippen LogP) is 5.14. The highest BCUT2D eigenvalue weighted by molar-refractivity contribution is 7.88. The summed E-state index contributed by atoms with van der Waals surface area (Å²) in [5.41, 5.74) is 8.27. The monoisotopic (exact) mass is 574 g/mol. The van der Waals surface area contributed by atoms with Crippen molar-refractivity contribution in [2.24, 2.45) is 7.05 Å². The van der Waals surface area contributed by atoms with E-state index in [1.54, 1.807) is 0 Å². The van der Waals surface area contributed by atoms with Crippen LogP contribution in [-0.2, 0) is 17.1 Å². The van der Waals surface area contributed by atoms with Crippen LogP contribution >= 0.6 is 11.6 Å². The standard InChI is InChI=1S/C30H31ClN6O2S/c1-19-16-24(36-14-12-23(13-15-36)34-40(3,38)39)9-11-27(19)37-29-25-17-21(20-4-7-22(31)8-5-20)6-10-26(25)33-18-28(29)35(2)30(37)32/h4-11,16-18,23,32,34H,12-15H2,1-3H3. The lowest BCUT2D eigenvalue weighted by Gasteiger charge is -2.34. The van der Waals surface area contributed by atoms with E-state index in [0.29, 0.717) is 10.6 Å². The minimum Gasteiger partial charge on any atom is -0.371 e. The van der Waals surface area contributed by atoms with Crippen LogP contribution in [0.5, 0.6) is 0 Å². The molecule has 10 heteroatoms. The predicted molar refractivity (Wildman–Crippen MR) is 162 cm³/mol. The number of nitrogens with zero attached hydrogens (tertiary/aromatic N) is 4. The maximum Gasteiger partial charge on any atom is 0.208 e. The molecule has 0 spiro atoms. The number of pyridine rings is 1. The van der Waals surface area contributed by atoms with E-state index in [0.717, 1.165) is 75.9 Å². The molecule has 5 aromatic rings. The molecule has 0 amide bonds. The van der Waals surface area contributed by atoms with Crippen LogP contribution in [0.1, 0.15) is 18.4 Å². The van der Waals surface area contributed by atoms with E-state index >= 15 is 0 Å². The van der Waals surface area contributed by atoms with Crippen molar-refractivity contribution < 1.29 is 8.42 Å². The number of rotatable bonds is 5. The summed E-state index contributed by atoms with van der Waals surface area (Å²) in [4.78, 5) is 7.00. The largest absolute Gasteiger partial charge is 0.371 e. The Labute approximate surface area is 238 Å². The fourth-order valence-electron chi connectivity index (χ4n) is 5.72. The average molecular weight is 575 g/mol. The highest BCUT2D eigenvalue weighted by Gasteiger charge is 2.23. The van der Waals surface area contributed by atoms with E-state index in [-0.39, 0.29) is 6.04 Å². The van der Waals surface area contributed by atoms with Crippen LogP contribution in [0.15, 0.2) is 66.9 Å². The Morgan fingerprint density at radius 2 is 1.70 bits per heavy atom. The first kappa shape index (κ1) is 26.6. The molecule has 6 rings (SSSR count). The zero-order chi connectivity index (χ0) is 28.2. The number of anilines is 1. The van der Waals surface area contributed by atoms with Crippen molar-refractivity contribution in [3.63, 3.8) is 0 Å². The summed E-state index contributed by atoms with van der Waals surface area (Å²) in [6.07, 6.45) is 4.58. The number of fused-ring (bicyclic) bond motifs is 3. The number of sulfonamides is 1. The summed E-state index contributed by atoms with van der Waals surface area (Å²) in [5.74, 6) is 0. The van der Waals surface area contributed by atoms with Crippen molar-refractivity contribution in [1.82, 2.24) is 18.8 Å². The van der Waals surface area contributed by atoms with Crippen molar-refractivity contribution in [3.8, 4) is 16.8 Å². The zero-order valence-electron chi connectivity index (χ0n) is 22.6. The van der Waals surface area contributed by atoms with Gasteiger partial charge in [-0.2, -0.15) is 0 Å². The third-order valence-electron chi connectivity index (χ3n) is 7.77. The molecular formula is C30H31ClN6O2S. The van der Waals surface area contributed by atoms with E-state index in [4.69, 9.17) is 22.0 Å². The lowest BCUT2D eigenvalue weighted by molar-refractivity contribution is 0.461. The molecule has 1 aliphatic rings. The summed E-state index contributed by atoms with van der Waals surface area (Å²) in [7, 11) is -1.31. The van der Waals surface area contributed by atoms with Gasteiger partial charge in [-0.3, -0.25) is 15.0 Å². The Kier molecular flexibility index (Phi) is 6.68. The van der Waals surface area contributed by atoms with E-state index in [1.807, 2.05) is 52.7 Å². The van der Waals surface area contributed by atoms with Gasteiger partial charge in [-0.1, -0.05) is 29.8 Å². The summed E-state index contributed by atoms with van der Waals surface area (Å²) < 4.78 is 29.9. The van der Waals surface area contributed by atoms with E-state index < -0.39 is 10.0 Å². The van der Waals surface area contributed by atoms with Crippen molar-refractivity contribution in [1.29, 1.82) is 5.41 Å². The van der Waals surface area contributed by atoms with Crippen LogP contribution in [0.25, 0.3) is 38.8 Å². The Balaban J connectivity index is 1.41. The Bertz CT molecular complexity index is 1920. The number of piperidine rings is 1. The van der Waals surface area contributed by atoms with E-state index in [1.165, 1.54) is 6.26 Å². The first-order valence-electron chi connectivity index (χ1n) is 13.2. The van der Waals surface area contributed by atoms with Gasteiger partial charge in [0.25, 0.3) is 0 Å². The second-order valence-corrected chi connectivity index (χ2v) is 12.8. The molecule has 3 aromatic carbocycles. The molecule has 0 atom stereocenters. The van der Waals surface area contributed by atoms with Gasteiger partial charge in [0.2, 0.25) is 15.6 Å². The van der Waals surface area contributed by atoms with Crippen LogP contribution in [-0.4, -0.2) is 47.9 Å². The smallest absolute Gasteiger partial charge is 0.208 e. The SMILES string of the molecule is Cc1cc(N2CCC(NS(C)(=O)=O)CC2)ccc1-n1c(=N)n(C)c2cnc3ccc(-c4ccc(Cl)cc4)cc3c21. The molecule has 1 saturated heterocycles. The van der Waals surface area contributed by atoms with Crippen LogP contribution in [0.4, 0.5) is 5.69 Å². The maximum atomic E-state index is 11.6. The number of nitrogens with one attached hydrogen (secondary N) is 2. The second-order valence-electron chi connectivity index (χ2n) is 10.6. The fraction of sp³-hybridized carbons (Fsp3) is 0.267. The Morgan fingerprint density at radius 3 is 2.38 bits per heavy atom. The number of benzene rings is 3. The normalized spacial score (nSPS) is 14.8. The zero-order valence-corrected chi connectivity index (χ0v) is 24.2. The molecule has 1 aliphatic heterocycles. The van der Waals surface area contributed by atoms with E-state index in [9.17, 15) is 8.42 Å². The third kappa shape index (κ3) is 4.89. The third-order valence-corrected chi connectivity index (χ3v) is 8.79. The molecule has 206 valence electrons. The van der Waals surface area contributed by atoms with Crippen LogP contribution in [0.2, 0.25) is 5.02 Å². The van der Waals surface area contributed by atoms with Gasteiger partial charge in [-0.05, 0) is 78.9 Å². The number of hydrogen-bond donors (Lipinski definition) is 2.